The molecule has 3 nitrogen and oxygen atoms in total. The molecule has 0 spiro atoms. The van der Waals surface area contributed by atoms with Crippen molar-refractivity contribution < 1.29 is 4.74 Å². The van der Waals surface area contributed by atoms with Crippen molar-refractivity contribution in [3.63, 3.8) is 0 Å². The van der Waals surface area contributed by atoms with E-state index >= 15 is 0 Å². The largest absolute Gasteiger partial charge is 0.497 e. The highest BCUT2D eigenvalue weighted by molar-refractivity contribution is 9.10. The Hall–Kier alpha value is -1.68. The van der Waals surface area contributed by atoms with Gasteiger partial charge in [0.15, 0.2) is 0 Å². The molecular weight excluding hydrogens is 316 g/mol. The van der Waals surface area contributed by atoms with Crippen LogP contribution in [-0.4, -0.2) is 21.2 Å². The smallest absolute Gasteiger partial charge is 0.119 e. The Morgan fingerprint density at radius 3 is 2.40 bits per heavy atom. The molecule has 0 saturated heterocycles. The molecule has 2 aromatic carbocycles. The summed E-state index contributed by atoms with van der Waals surface area (Å²) in [6, 6.07) is 14.4. The van der Waals surface area contributed by atoms with E-state index in [1.165, 1.54) is 11.3 Å². The zero-order valence-corrected chi connectivity index (χ0v) is 13.6. The van der Waals surface area contributed by atoms with Crippen molar-refractivity contribution in [2.75, 3.05) is 31.4 Å². The fourth-order valence-electron chi connectivity index (χ4n) is 1.89. The van der Waals surface area contributed by atoms with Crippen LogP contribution < -0.4 is 15.0 Å². The SMILES string of the molecule is COc1ccc(Br)c(CNc2ccc(N(C)C)cc2)c1. The van der Waals surface area contributed by atoms with Crippen LogP contribution >= 0.6 is 15.9 Å². The third kappa shape index (κ3) is 3.67. The van der Waals surface area contributed by atoms with E-state index in [1.807, 2.05) is 32.3 Å². The summed E-state index contributed by atoms with van der Waals surface area (Å²) in [5.74, 6) is 0.868. The average molecular weight is 335 g/mol. The van der Waals surface area contributed by atoms with Gasteiger partial charge in [0.25, 0.3) is 0 Å². The first-order chi connectivity index (χ1) is 9.60. The molecule has 4 heteroatoms. The normalized spacial score (nSPS) is 10.2. The fraction of sp³-hybridized carbons (Fsp3) is 0.250. The Bertz CT molecular complexity index is 567. The maximum atomic E-state index is 5.25. The predicted octanol–water partition coefficient (Wildman–Crippen LogP) is 4.14. The lowest BCUT2D eigenvalue weighted by molar-refractivity contribution is 0.414. The lowest BCUT2D eigenvalue weighted by Crippen LogP contribution is -2.08. The zero-order valence-electron chi connectivity index (χ0n) is 12.0. The summed E-state index contributed by atoms with van der Waals surface area (Å²) in [5, 5.41) is 3.42. The second kappa shape index (κ2) is 6.66. The van der Waals surface area contributed by atoms with E-state index in [0.29, 0.717) is 0 Å². The molecule has 1 N–H and O–H groups in total. The molecule has 0 heterocycles. The number of ether oxygens (including phenoxy) is 1. The van der Waals surface area contributed by atoms with Gasteiger partial charge in [0, 0.05) is 36.5 Å². The second-order valence-electron chi connectivity index (χ2n) is 4.75. The number of anilines is 2. The van der Waals surface area contributed by atoms with Crippen molar-refractivity contribution in [3.05, 3.63) is 52.5 Å². The zero-order chi connectivity index (χ0) is 14.5. The maximum absolute atomic E-state index is 5.25. The summed E-state index contributed by atoms with van der Waals surface area (Å²) in [6.45, 7) is 0.749. The summed E-state index contributed by atoms with van der Waals surface area (Å²) in [4.78, 5) is 2.09. The van der Waals surface area contributed by atoms with Gasteiger partial charge < -0.3 is 15.0 Å². The third-order valence-electron chi connectivity index (χ3n) is 3.12. The maximum Gasteiger partial charge on any atom is 0.119 e. The van der Waals surface area contributed by atoms with Crippen LogP contribution in [0.3, 0.4) is 0 Å². The summed E-state index contributed by atoms with van der Waals surface area (Å²) in [5.41, 5.74) is 3.46. The number of benzene rings is 2. The lowest BCUT2D eigenvalue weighted by atomic mass is 10.2. The molecular formula is C16H19BrN2O. The highest BCUT2D eigenvalue weighted by Crippen LogP contribution is 2.24. The number of nitrogens with zero attached hydrogens (tertiary/aromatic N) is 1. The molecule has 0 aliphatic heterocycles. The minimum Gasteiger partial charge on any atom is -0.497 e. The summed E-state index contributed by atoms with van der Waals surface area (Å²) in [6.07, 6.45) is 0. The molecule has 0 radical (unpaired) electrons. The van der Waals surface area contributed by atoms with Gasteiger partial charge in [-0.15, -0.1) is 0 Å². The number of hydrogen-bond acceptors (Lipinski definition) is 3. The highest BCUT2D eigenvalue weighted by Gasteiger charge is 2.02. The van der Waals surface area contributed by atoms with E-state index in [0.717, 1.165) is 22.5 Å². The Morgan fingerprint density at radius 2 is 1.80 bits per heavy atom. The molecule has 106 valence electrons. The van der Waals surface area contributed by atoms with Gasteiger partial charge >= 0.3 is 0 Å². The van der Waals surface area contributed by atoms with Crippen molar-refractivity contribution in [2.24, 2.45) is 0 Å². The first-order valence-corrected chi connectivity index (χ1v) is 7.23. The molecule has 2 aromatic rings. The quantitative estimate of drug-likeness (QED) is 0.889. The lowest BCUT2D eigenvalue weighted by Gasteiger charge is -2.14. The molecule has 0 atom stereocenters. The van der Waals surface area contributed by atoms with Gasteiger partial charge in [-0.1, -0.05) is 15.9 Å². The van der Waals surface area contributed by atoms with Gasteiger partial charge in [-0.3, -0.25) is 0 Å². The van der Waals surface area contributed by atoms with Crippen molar-refractivity contribution in [1.82, 2.24) is 0 Å². The van der Waals surface area contributed by atoms with E-state index in [2.05, 4.69) is 50.4 Å². The minimum atomic E-state index is 0.749. The summed E-state index contributed by atoms with van der Waals surface area (Å²) in [7, 11) is 5.76. The van der Waals surface area contributed by atoms with Crippen LogP contribution in [0.15, 0.2) is 46.9 Å². The van der Waals surface area contributed by atoms with E-state index in [9.17, 15) is 0 Å². The Labute approximate surface area is 128 Å². The van der Waals surface area contributed by atoms with Gasteiger partial charge in [0.05, 0.1) is 7.11 Å². The van der Waals surface area contributed by atoms with Crippen LogP contribution in [-0.2, 0) is 6.54 Å². The van der Waals surface area contributed by atoms with Crippen LogP contribution in [0.5, 0.6) is 5.75 Å². The molecule has 20 heavy (non-hydrogen) atoms. The second-order valence-corrected chi connectivity index (χ2v) is 5.61. The van der Waals surface area contributed by atoms with Gasteiger partial charge in [-0.25, -0.2) is 0 Å². The molecule has 0 saturated carbocycles. The highest BCUT2D eigenvalue weighted by atomic mass is 79.9. The van der Waals surface area contributed by atoms with E-state index in [4.69, 9.17) is 4.74 Å². The van der Waals surface area contributed by atoms with Gasteiger partial charge in [0.2, 0.25) is 0 Å². The Balaban J connectivity index is 2.04. The molecule has 0 aliphatic rings. The van der Waals surface area contributed by atoms with E-state index < -0.39 is 0 Å². The standard InChI is InChI=1S/C16H19BrN2O/c1-19(2)14-6-4-13(5-7-14)18-11-12-10-15(20-3)8-9-16(12)17/h4-10,18H,11H2,1-3H3. The van der Waals surface area contributed by atoms with Crippen molar-refractivity contribution in [3.8, 4) is 5.75 Å². The molecule has 0 unspecified atom stereocenters. The number of methoxy groups -OCH3 is 1. The van der Waals surface area contributed by atoms with E-state index in [-0.39, 0.29) is 0 Å². The van der Waals surface area contributed by atoms with Crippen LogP contribution in [0.1, 0.15) is 5.56 Å². The number of hydrogen-bond donors (Lipinski definition) is 1. The third-order valence-corrected chi connectivity index (χ3v) is 3.89. The molecule has 0 fully saturated rings. The summed E-state index contributed by atoms with van der Waals surface area (Å²) < 4.78 is 6.33. The number of rotatable bonds is 5. The minimum absolute atomic E-state index is 0.749. The van der Waals surface area contributed by atoms with Crippen LogP contribution in [0.25, 0.3) is 0 Å². The van der Waals surface area contributed by atoms with Crippen molar-refractivity contribution >= 4 is 27.3 Å². The first kappa shape index (κ1) is 14.7. The topological polar surface area (TPSA) is 24.5 Å². The van der Waals surface area contributed by atoms with Crippen molar-refractivity contribution in [2.45, 2.75) is 6.54 Å². The van der Waals surface area contributed by atoms with Gasteiger partial charge in [-0.2, -0.15) is 0 Å². The fourth-order valence-corrected chi connectivity index (χ4v) is 2.28. The van der Waals surface area contributed by atoms with Crippen molar-refractivity contribution in [1.29, 1.82) is 0 Å². The van der Waals surface area contributed by atoms with Gasteiger partial charge in [-0.05, 0) is 48.0 Å². The molecule has 0 aromatic heterocycles. The van der Waals surface area contributed by atoms with Crippen LogP contribution in [0, 0.1) is 0 Å². The molecule has 0 bridgehead atoms. The first-order valence-electron chi connectivity index (χ1n) is 6.44. The summed E-state index contributed by atoms with van der Waals surface area (Å²) >= 11 is 3.56. The Kier molecular flexibility index (Phi) is 4.90. The Morgan fingerprint density at radius 1 is 1.10 bits per heavy atom. The average Bonchev–Trinajstić information content (AvgIpc) is 2.47. The number of nitrogens with one attached hydrogen (secondary N) is 1. The molecule has 0 aliphatic carbocycles. The van der Waals surface area contributed by atoms with Crippen LogP contribution in [0.4, 0.5) is 11.4 Å². The molecule has 0 amide bonds. The van der Waals surface area contributed by atoms with Crippen LogP contribution in [0.2, 0.25) is 0 Å². The monoisotopic (exact) mass is 334 g/mol. The number of halogens is 1. The predicted molar refractivity (Wildman–Crippen MR) is 88.8 cm³/mol. The van der Waals surface area contributed by atoms with Gasteiger partial charge in [0.1, 0.15) is 5.75 Å². The molecule has 2 rings (SSSR count). The van der Waals surface area contributed by atoms with E-state index in [1.54, 1.807) is 7.11 Å².